The van der Waals surface area contributed by atoms with Gasteiger partial charge in [0.05, 0.1) is 16.3 Å². The summed E-state index contributed by atoms with van der Waals surface area (Å²) < 4.78 is 2.52. The van der Waals surface area contributed by atoms with Crippen LogP contribution in [0.1, 0.15) is 10.5 Å². The molecule has 0 saturated carbocycles. The maximum absolute atomic E-state index is 12.0. The Labute approximate surface area is 144 Å². The summed E-state index contributed by atoms with van der Waals surface area (Å²) in [6.07, 6.45) is 1.46. The Hall–Kier alpha value is -2.87. The van der Waals surface area contributed by atoms with Gasteiger partial charge in [0.25, 0.3) is 5.91 Å². The molecule has 0 aliphatic rings. The van der Waals surface area contributed by atoms with Crippen LogP contribution in [-0.2, 0) is 4.79 Å². The number of carboxylic acid groups (broad SMARTS) is 1. The molecule has 0 unspecified atom stereocenters. The Kier molecular flexibility index (Phi) is 4.22. The van der Waals surface area contributed by atoms with Gasteiger partial charge >= 0.3 is 5.97 Å². The molecule has 0 spiro atoms. The van der Waals surface area contributed by atoms with Crippen molar-refractivity contribution in [2.24, 2.45) is 0 Å². The van der Waals surface area contributed by atoms with Crippen LogP contribution < -0.4 is 5.32 Å². The smallest absolute Gasteiger partial charge is 0.322 e. The van der Waals surface area contributed by atoms with Crippen molar-refractivity contribution in [2.75, 3.05) is 6.54 Å². The molecule has 3 aromatic rings. The number of carbonyl (C=O) groups is 2. The van der Waals surface area contributed by atoms with E-state index < -0.39 is 18.4 Å². The third-order valence-electron chi connectivity index (χ3n) is 3.42. The van der Waals surface area contributed by atoms with Gasteiger partial charge in [0, 0.05) is 11.1 Å². The predicted molar refractivity (Wildman–Crippen MR) is 90.4 cm³/mol. The molecule has 2 aromatic heterocycles. The minimum atomic E-state index is -1.18. The lowest BCUT2D eigenvalue weighted by Gasteiger charge is -2.08. The van der Waals surface area contributed by atoms with Gasteiger partial charge in [-0.2, -0.15) is 0 Å². The maximum Gasteiger partial charge on any atom is 0.322 e. The van der Waals surface area contributed by atoms with Crippen LogP contribution in [0.5, 0.6) is 5.75 Å². The first kappa shape index (κ1) is 16.0. The van der Waals surface area contributed by atoms with Crippen molar-refractivity contribution in [3.05, 3.63) is 52.9 Å². The standard InChI is InChI=1S/C16H12BrN3O4/c17-12-6-10-11(20(12)9-4-2-1-3-5-9)7-18-14(15(10)23)16(24)19-8-13(21)22/h1-7,23H,8H2,(H,19,24)(H,21,22). The van der Waals surface area contributed by atoms with E-state index >= 15 is 0 Å². The SMILES string of the molecule is O=C(O)CNC(=O)c1ncc2c(cc(Br)n2-c2ccccc2)c1O. The molecule has 24 heavy (non-hydrogen) atoms. The summed E-state index contributed by atoms with van der Waals surface area (Å²) in [6, 6.07) is 11.1. The van der Waals surface area contributed by atoms with Crippen LogP contribution in [0.3, 0.4) is 0 Å². The van der Waals surface area contributed by atoms with E-state index in [1.165, 1.54) is 6.20 Å². The van der Waals surface area contributed by atoms with Crippen LogP contribution >= 0.6 is 15.9 Å². The largest absolute Gasteiger partial charge is 0.505 e. The van der Waals surface area contributed by atoms with Crippen molar-refractivity contribution in [2.45, 2.75) is 0 Å². The molecule has 0 bridgehead atoms. The summed E-state index contributed by atoms with van der Waals surface area (Å²) in [5.41, 5.74) is 1.26. The second-order valence-electron chi connectivity index (χ2n) is 4.97. The molecular formula is C16H12BrN3O4. The van der Waals surface area contributed by atoms with Crippen molar-refractivity contribution in [1.29, 1.82) is 0 Å². The lowest BCUT2D eigenvalue weighted by atomic mass is 10.2. The van der Waals surface area contributed by atoms with Gasteiger partial charge in [0.1, 0.15) is 6.54 Å². The van der Waals surface area contributed by atoms with Gasteiger partial charge < -0.3 is 20.1 Å². The van der Waals surface area contributed by atoms with Crippen LogP contribution in [-0.4, -0.2) is 38.2 Å². The third kappa shape index (κ3) is 2.83. The fraction of sp³-hybridized carbons (Fsp3) is 0.0625. The van der Waals surface area contributed by atoms with E-state index in [2.05, 4.69) is 26.2 Å². The number of carbonyl (C=O) groups excluding carboxylic acids is 1. The summed E-state index contributed by atoms with van der Waals surface area (Å²) in [6.45, 7) is -0.549. The molecule has 0 saturated heterocycles. The first-order chi connectivity index (χ1) is 11.5. The number of benzene rings is 1. The van der Waals surface area contributed by atoms with Crippen molar-refractivity contribution >= 4 is 38.7 Å². The van der Waals surface area contributed by atoms with Crippen molar-refractivity contribution in [1.82, 2.24) is 14.9 Å². The highest BCUT2D eigenvalue weighted by Crippen LogP contribution is 2.34. The first-order valence-corrected chi connectivity index (χ1v) is 7.72. The highest BCUT2D eigenvalue weighted by molar-refractivity contribution is 9.10. The Morgan fingerprint density at radius 3 is 2.62 bits per heavy atom. The minimum absolute atomic E-state index is 0.221. The number of aromatic nitrogens is 2. The number of nitrogens with one attached hydrogen (secondary N) is 1. The average molecular weight is 390 g/mol. The molecule has 0 fully saturated rings. The molecule has 1 aromatic carbocycles. The van der Waals surface area contributed by atoms with Crippen LogP contribution in [0.15, 0.2) is 47.2 Å². The summed E-state index contributed by atoms with van der Waals surface area (Å²) in [5.74, 6) is -2.23. The molecule has 8 heteroatoms. The van der Waals surface area contributed by atoms with Gasteiger partial charge in [0.15, 0.2) is 11.4 Å². The molecule has 1 amide bonds. The Balaban J connectivity index is 2.08. The number of carboxylic acids is 1. The molecule has 7 nitrogen and oxygen atoms in total. The van der Waals surface area contributed by atoms with E-state index in [0.717, 1.165) is 5.69 Å². The van der Waals surface area contributed by atoms with Crippen LogP contribution in [0.4, 0.5) is 0 Å². The minimum Gasteiger partial charge on any atom is -0.505 e. The number of fused-ring (bicyclic) bond motifs is 1. The molecule has 3 N–H and O–H groups in total. The van der Waals surface area contributed by atoms with Crippen LogP contribution in [0.25, 0.3) is 16.6 Å². The van der Waals surface area contributed by atoms with Gasteiger partial charge in [-0.05, 0) is 34.1 Å². The lowest BCUT2D eigenvalue weighted by Crippen LogP contribution is -2.29. The van der Waals surface area contributed by atoms with Gasteiger partial charge in [-0.25, -0.2) is 4.98 Å². The number of aromatic hydroxyl groups is 1. The topological polar surface area (TPSA) is 104 Å². The summed E-state index contributed by atoms with van der Waals surface area (Å²) in [4.78, 5) is 26.5. The number of pyridine rings is 1. The van der Waals surface area contributed by atoms with E-state index in [9.17, 15) is 14.7 Å². The van der Waals surface area contributed by atoms with Crippen molar-refractivity contribution in [3.63, 3.8) is 0 Å². The van der Waals surface area contributed by atoms with Gasteiger partial charge in [-0.15, -0.1) is 0 Å². The lowest BCUT2D eigenvalue weighted by molar-refractivity contribution is -0.135. The highest BCUT2D eigenvalue weighted by atomic mass is 79.9. The fourth-order valence-corrected chi connectivity index (χ4v) is 2.99. The Bertz CT molecular complexity index is 937. The van der Waals surface area contributed by atoms with Crippen LogP contribution in [0.2, 0.25) is 0 Å². The van der Waals surface area contributed by atoms with Crippen molar-refractivity contribution in [3.8, 4) is 11.4 Å². The van der Waals surface area contributed by atoms with Crippen LogP contribution in [0, 0.1) is 0 Å². The van der Waals surface area contributed by atoms with E-state index in [1.807, 2.05) is 34.9 Å². The average Bonchev–Trinajstić information content (AvgIpc) is 2.91. The Morgan fingerprint density at radius 1 is 1.25 bits per heavy atom. The summed E-state index contributed by atoms with van der Waals surface area (Å²) in [7, 11) is 0. The summed E-state index contributed by atoms with van der Waals surface area (Å²) >= 11 is 3.44. The second-order valence-corrected chi connectivity index (χ2v) is 5.78. The van der Waals surface area contributed by atoms with Gasteiger partial charge in [-0.1, -0.05) is 18.2 Å². The molecule has 0 atom stereocenters. The second kappa shape index (κ2) is 6.32. The zero-order valence-electron chi connectivity index (χ0n) is 12.2. The number of rotatable bonds is 4. The first-order valence-electron chi connectivity index (χ1n) is 6.93. The van der Waals surface area contributed by atoms with E-state index in [0.29, 0.717) is 15.5 Å². The Morgan fingerprint density at radius 2 is 1.96 bits per heavy atom. The molecule has 3 rings (SSSR count). The number of halogens is 1. The number of aliphatic carboxylic acids is 1. The van der Waals surface area contributed by atoms with E-state index in [4.69, 9.17) is 5.11 Å². The molecular weight excluding hydrogens is 378 g/mol. The van der Waals surface area contributed by atoms with Crippen molar-refractivity contribution < 1.29 is 19.8 Å². The monoisotopic (exact) mass is 389 g/mol. The normalized spacial score (nSPS) is 10.7. The quantitative estimate of drug-likeness (QED) is 0.634. The number of amides is 1. The van der Waals surface area contributed by atoms with E-state index in [-0.39, 0.29) is 11.4 Å². The highest BCUT2D eigenvalue weighted by Gasteiger charge is 2.20. The molecule has 2 heterocycles. The molecule has 122 valence electrons. The van der Waals surface area contributed by atoms with Gasteiger partial charge in [-0.3, -0.25) is 9.59 Å². The fourth-order valence-electron chi connectivity index (χ4n) is 2.37. The predicted octanol–water partition coefficient (Wildman–Crippen LogP) is 2.31. The van der Waals surface area contributed by atoms with E-state index in [1.54, 1.807) is 6.07 Å². The zero-order valence-corrected chi connectivity index (χ0v) is 13.8. The molecule has 0 radical (unpaired) electrons. The number of para-hydroxylation sites is 1. The summed E-state index contributed by atoms with van der Waals surface area (Å²) in [5, 5.41) is 21.6. The molecule has 0 aliphatic heterocycles. The number of hydrogen-bond donors (Lipinski definition) is 3. The third-order valence-corrected chi connectivity index (χ3v) is 4.00. The zero-order chi connectivity index (χ0) is 17.3. The maximum atomic E-state index is 12.0. The van der Waals surface area contributed by atoms with Gasteiger partial charge in [0.2, 0.25) is 0 Å². The number of hydrogen-bond acceptors (Lipinski definition) is 4. The number of nitrogens with zero attached hydrogens (tertiary/aromatic N) is 2. The molecule has 0 aliphatic carbocycles.